The van der Waals surface area contributed by atoms with Crippen LogP contribution in [-0.4, -0.2) is 14.5 Å². The van der Waals surface area contributed by atoms with Crippen molar-refractivity contribution < 1.29 is 5.11 Å². The van der Waals surface area contributed by atoms with Crippen molar-refractivity contribution in [1.29, 1.82) is 0 Å². The maximum Gasteiger partial charge on any atom is 0.0995 e. The van der Waals surface area contributed by atoms with Crippen molar-refractivity contribution in [3.8, 4) is 0 Å². The van der Waals surface area contributed by atoms with E-state index < -0.39 is 6.10 Å². The lowest BCUT2D eigenvalue weighted by molar-refractivity contribution is 0.0754. The molecule has 0 bridgehead atoms. The van der Waals surface area contributed by atoms with E-state index in [4.69, 9.17) is 0 Å². The third kappa shape index (κ3) is 3.19. The summed E-state index contributed by atoms with van der Waals surface area (Å²) < 4.78 is 2.13. The first kappa shape index (κ1) is 17.0. The fourth-order valence-electron chi connectivity index (χ4n) is 5.00. The highest BCUT2D eigenvalue weighted by Gasteiger charge is 2.34. The summed E-state index contributed by atoms with van der Waals surface area (Å²) in [5.41, 5.74) is 6.34. The highest BCUT2D eigenvalue weighted by atomic mass is 16.3. The highest BCUT2D eigenvalue weighted by molar-refractivity contribution is 5.50. The SMILES string of the molecule is Cc1cccc(C2CCC([C@H](O)c3c(C4CC4)ccc4cncn34)CC2)c1. The molecule has 2 aromatic heterocycles. The van der Waals surface area contributed by atoms with Crippen molar-refractivity contribution in [3.63, 3.8) is 0 Å². The van der Waals surface area contributed by atoms with Crippen LogP contribution < -0.4 is 0 Å². The fraction of sp³-hybridized carbons (Fsp3) is 0.458. The number of aryl methyl sites for hydroxylation is 1. The molecule has 140 valence electrons. The minimum atomic E-state index is -0.392. The van der Waals surface area contributed by atoms with Crippen molar-refractivity contribution in [3.05, 3.63) is 71.3 Å². The number of imidazole rings is 1. The molecule has 0 radical (unpaired) electrons. The molecule has 1 N–H and O–H groups in total. The van der Waals surface area contributed by atoms with Gasteiger partial charge in [-0.15, -0.1) is 0 Å². The number of pyridine rings is 1. The van der Waals surface area contributed by atoms with Crippen LogP contribution in [0.1, 0.15) is 78.8 Å². The van der Waals surface area contributed by atoms with Gasteiger partial charge in [0.1, 0.15) is 0 Å². The average molecular weight is 361 g/mol. The van der Waals surface area contributed by atoms with Gasteiger partial charge in [-0.05, 0) is 80.4 Å². The van der Waals surface area contributed by atoms with E-state index in [0.717, 1.165) is 24.1 Å². The maximum atomic E-state index is 11.4. The Labute approximate surface area is 161 Å². The van der Waals surface area contributed by atoms with Crippen LogP contribution in [0.25, 0.3) is 5.52 Å². The van der Waals surface area contributed by atoms with Crippen LogP contribution in [0.15, 0.2) is 48.9 Å². The van der Waals surface area contributed by atoms with Gasteiger partial charge in [-0.25, -0.2) is 4.98 Å². The number of rotatable bonds is 4. The summed E-state index contributed by atoms with van der Waals surface area (Å²) in [5, 5.41) is 11.4. The third-order valence-electron chi connectivity index (χ3n) is 6.69. The van der Waals surface area contributed by atoms with Gasteiger partial charge in [-0.2, -0.15) is 0 Å². The zero-order valence-corrected chi connectivity index (χ0v) is 16.0. The van der Waals surface area contributed by atoms with Gasteiger partial charge in [0.05, 0.1) is 29.8 Å². The molecule has 2 fully saturated rings. The van der Waals surface area contributed by atoms with Crippen LogP contribution in [0.2, 0.25) is 0 Å². The Bertz CT molecular complexity index is 948. The van der Waals surface area contributed by atoms with Gasteiger partial charge in [0, 0.05) is 0 Å². The van der Waals surface area contributed by atoms with Crippen molar-refractivity contribution >= 4 is 5.52 Å². The van der Waals surface area contributed by atoms with Gasteiger partial charge in [0.25, 0.3) is 0 Å². The van der Waals surface area contributed by atoms with Gasteiger partial charge in [-0.1, -0.05) is 35.9 Å². The monoisotopic (exact) mass is 360 g/mol. The predicted octanol–water partition coefficient (Wildman–Crippen LogP) is 5.53. The van der Waals surface area contributed by atoms with E-state index in [1.807, 2.05) is 12.5 Å². The normalized spacial score (nSPS) is 24.2. The van der Waals surface area contributed by atoms with E-state index >= 15 is 0 Å². The maximum absolute atomic E-state index is 11.4. The third-order valence-corrected chi connectivity index (χ3v) is 6.69. The number of hydrogen-bond donors (Lipinski definition) is 1. The molecule has 5 rings (SSSR count). The lowest BCUT2D eigenvalue weighted by Gasteiger charge is -2.33. The summed E-state index contributed by atoms with van der Waals surface area (Å²) >= 11 is 0. The molecule has 0 aliphatic heterocycles. The predicted molar refractivity (Wildman–Crippen MR) is 108 cm³/mol. The van der Waals surface area contributed by atoms with E-state index in [9.17, 15) is 5.11 Å². The molecule has 27 heavy (non-hydrogen) atoms. The molecule has 1 atom stereocenters. The lowest BCUT2D eigenvalue weighted by atomic mass is 9.75. The summed E-state index contributed by atoms with van der Waals surface area (Å²) in [6, 6.07) is 13.3. The zero-order valence-electron chi connectivity index (χ0n) is 16.0. The molecule has 0 amide bonds. The van der Waals surface area contributed by atoms with E-state index in [2.05, 4.69) is 52.7 Å². The number of hydrogen-bond acceptors (Lipinski definition) is 2. The molecule has 2 aliphatic carbocycles. The molecule has 3 heteroatoms. The van der Waals surface area contributed by atoms with E-state index in [-0.39, 0.29) is 0 Å². The topological polar surface area (TPSA) is 37.5 Å². The molecule has 2 saturated carbocycles. The minimum Gasteiger partial charge on any atom is -0.387 e. The Balaban J connectivity index is 1.38. The van der Waals surface area contributed by atoms with Crippen LogP contribution in [0, 0.1) is 12.8 Å². The van der Waals surface area contributed by atoms with Crippen LogP contribution >= 0.6 is 0 Å². The molecule has 0 spiro atoms. The molecule has 3 aromatic rings. The smallest absolute Gasteiger partial charge is 0.0995 e. The van der Waals surface area contributed by atoms with Gasteiger partial charge >= 0.3 is 0 Å². The first-order valence-corrected chi connectivity index (χ1v) is 10.4. The Kier molecular flexibility index (Phi) is 4.28. The lowest BCUT2D eigenvalue weighted by Crippen LogP contribution is -2.22. The van der Waals surface area contributed by atoms with Gasteiger partial charge in [-0.3, -0.25) is 0 Å². The second kappa shape index (κ2) is 6.79. The zero-order chi connectivity index (χ0) is 18.4. The van der Waals surface area contributed by atoms with Crippen LogP contribution in [0.5, 0.6) is 0 Å². The molecular formula is C24H28N2O. The number of nitrogens with zero attached hydrogens (tertiary/aromatic N) is 2. The van der Waals surface area contributed by atoms with Gasteiger partial charge in [0.2, 0.25) is 0 Å². The first-order valence-electron chi connectivity index (χ1n) is 10.4. The number of benzene rings is 1. The number of aliphatic hydroxyl groups excluding tert-OH is 1. The minimum absolute atomic E-state index is 0.344. The fourth-order valence-corrected chi connectivity index (χ4v) is 5.00. The molecular weight excluding hydrogens is 332 g/mol. The first-order chi connectivity index (χ1) is 13.2. The van der Waals surface area contributed by atoms with E-state index in [0.29, 0.717) is 17.8 Å². The summed E-state index contributed by atoms with van der Waals surface area (Å²) in [7, 11) is 0. The Morgan fingerprint density at radius 2 is 1.78 bits per heavy atom. The molecule has 0 saturated heterocycles. The molecule has 0 unspecified atom stereocenters. The number of aromatic nitrogens is 2. The molecule has 2 aliphatic rings. The van der Waals surface area contributed by atoms with Gasteiger partial charge < -0.3 is 9.51 Å². The quantitative estimate of drug-likeness (QED) is 0.664. The molecule has 3 nitrogen and oxygen atoms in total. The summed E-state index contributed by atoms with van der Waals surface area (Å²) in [6.07, 6.45) is 10.4. The number of fused-ring (bicyclic) bond motifs is 1. The second-order valence-corrected chi connectivity index (χ2v) is 8.61. The Morgan fingerprint density at radius 1 is 1.00 bits per heavy atom. The molecule has 1 aromatic carbocycles. The standard InChI is InChI=1S/C24H28N2O/c1-16-3-2-4-20(13-16)17-5-9-19(10-6-17)24(27)23-22(18-7-8-18)12-11-21-14-25-15-26(21)23/h2-4,11-15,17-19,24,27H,5-10H2,1H3/t17?,19?,24-/m0/s1. The average Bonchev–Trinajstić information content (AvgIpc) is 3.43. The Morgan fingerprint density at radius 3 is 2.52 bits per heavy atom. The molecule has 2 heterocycles. The second-order valence-electron chi connectivity index (χ2n) is 8.61. The van der Waals surface area contributed by atoms with Crippen LogP contribution in [-0.2, 0) is 0 Å². The van der Waals surface area contributed by atoms with Crippen LogP contribution in [0.3, 0.4) is 0 Å². The van der Waals surface area contributed by atoms with E-state index in [1.165, 1.54) is 42.4 Å². The van der Waals surface area contributed by atoms with Crippen LogP contribution in [0.4, 0.5) is 0 Å². The largest absolute Gasteiger partial charge is 0.387 e. The number of aliphatic hydroxyl groups is 1. The van der Waals surface area contributed by atoms with Crippen molar-refractivity contribution in [2.24, 2.45) is 5.92 Å². The summed E-state index contributed by atoms with van der Waals surface area (Å²) in [6.45, 7) is 2.17. The summed E-state index contributed by atoms with van der Waals surface area (Å²) in [4.78, 5) is 4.32. The summed E-state index contributed by atoms with van der Waals surface area (Å²) in [5.74, 6) is 1.61. The van der Waals surface area contributed by atoms with Crippen molar-refractivity contribution in [2.75, 3.05) is 0 Å². The van der Waals surface area contributed by atoms with Crippen molar-refractivity contribution in [1.82, 2.24) is 9.38 Å². The van der Waals surface area contributed by atoms with Gasteiger partial charge in [0.15, 0.2) is 0 Å². The highest BCUT2D eigenvalue weighted by Crippen LogP contribution is 2.47. The van der Waals surface area contributed by atoms with E-state index in [1.54, 1.807) is 0 Å². The Hall–Kier alpha value is -2.13. The van der Waals surface area contributed by atoms with Crippen molar-refractivity contribution in [2.45, 2.75) is 63.4 Å².